The van der Waals surface area contributed by atoms with Gasteiger partial charge in [-0.15, -0.1) is 10.2 Å². The van der Waals surface area contributed by atoms with Crippen LogP contribution >= 0.6 is 0 Å². The maximum absolute atomic E-state index is 12.0. The Hall–Kier alpha value is -3.78. The molecule has 12 nitrogen and oxygen atoms in total. The zero-order valence-corrected chi connectivity index (χ0v) is 22.3. The third kappa shape index (κ3) is 6.02. The second kappa shape index (κ2) is 12.6. The molecule has 0 spiro atoms. The summed E-state index contributed by atoms with van der Waals surface area (Å²) in [6.07, 6.45) is 6.03. The van der Waals surface area contributed by atoms with Gasteiger partial charge in [-0.25, -0.2) is 18.9 Å². The minimum Gasteiger partial charge on any atom is -0.494 e. The molecule has 4 aromatic rings. The Kier molecular flexibility index (Phi) is 9.07. The number of hydrogen-bond acceptors (Lipinski definition) is 9. The lowest BCUT2D eigenvalue weighted by atomic mass is 10.1. The summed E-state index contributed by atoms with van der Waals surface area (Å²) in [7, 11) is 3.12. The highest BCUT2D eigenvalue weighted by Crippen LogP contribution is 2.36. The molecule has 0 amide bonds. The molecular weight excluding hydrogens is 510 g/mol. The normalized spacial score (nSPS) is 13.6. The van der Waals surface area contributed by atoms with Gasteiger partial charge in [-0.05, 0) is 43.7 Å². The van der Waals surface area contributed by atoms with Crippen molar-refractivity contribution in [2.24, 2.45) is 0 Å². The minimum absolute atomic E-state index is 0.114. The largest absolute Gasteiger partial charge is 0.494 e. The summed E-state index contributed by atoms with van der Waals surface area (Å²) in [4.78, 5) is 13.0. The molecule has 13 heteroatoms. The van der Waals surface area contributed by atoms with Crippen LogP contribution in [0.3, 0.4) is 0 Å². The summed E-state index contributed by atoms with van der Waals surface area (Å²) in [5, 5.41) is 8.93. The van der Waals surface area contributed by atoms with Crippen LogP contribution in [0.1, 0.15) is 30.2 Å². The first kappa shape index (κ1) is 27.3. The van der Waals surface area contributed by atoms with Crippen molar-refractivity contribution in [2.75, 3.05) is 20.8 Å². The van der Waals surface area contributed by atoms with Crippen LogP contribution in [0.2, 0.25) is 0 Å². The van der Waals surface area contributed by atoms with Gasteiger partial charge >= 0.3 is 0 Å². The van der Waals surface area contributed by atoms with Crippen molar-refractivity contribution in [1.82, 2.24) is 34.4 Å². The molecule has 200 valence electrons. The van der Waals surface area contributed by atoms with Gasteiger partial charge in [-0.1, -0.05) is 6.07 Å². The number of hydrogen-bond donors (Lipinski definition) is 2. The van der Waals surface area contributed by atoms with E-state index in [1.165, 1.54) is 0 Å². The third-order valence-corrected chi connectivity index (χ3v) is 6.20. The van der Waals surface area contributed by atoms with Gasteiger partial charge in [0.15, 0.2) is 11.6 Å². The molecule has 3 aromatic heterocycles. The molecule has 1 unspecified atom stereocenters. The molecule has 0 aliphatic heterocycles. The second-order valence-electron chi connectivity index (χ2n) is 8.20. The number of methoxy groups -OCH3 is 2. The van der Waals surface area contributed by atoms with E-state index in [4.69, 9.17) is 14.2 Å². The number of aryl methyl sites for hydroxylation is 1. The molecule has 3 heterocycles. The van der Waals surface area contributed by atoms with E-state index >= 15 is 0 Å². The Bertz CT molecular complexity index is 1350. The van der Waals surface area contributed by atoms with Gasteiger partial charge in [0.2, 0.25) is 11.3 Å². The van der Waals surface area contributed by atoms with E-state index < -0.39 is 23.4 Å². The summed E-state index contributed by atoms with van der Waals surface area (Å²) < 4.78 is 43.6. The Morgan fingerprint density at radius 2 is 1.76 bits per heavy atom. The van der Waals surface area contributed by atoms with E-state index in [-0.39, 0.29) is 6.42 Å². The molecule has 0 aliphatic carbocycles. The van der Waals surface area contributed by atoms with E-state index in [1.807, 2.05) is 26.0 Å². The molecule has 3 atom stereocenters. The SMILES string of the molecule is CCO[C@H](c1ncc(C)cn1)[C@H](Cc1nnc(-c2cccnc2)n1-c1c(OC)cccc1OC)NS(=O)O. The molecule has 4 rings (SSSR count). The topological polar surface area (TPSA) is 146 Å². The number of nitrogens with zero attached hydrogens (tertiary/aromatic N) is 6. The Morgan fingerprint density at radius 1 is 1.05 bits per heavy atom. The standard InChI is InChI=1S/C25H29N7O5S/c1-5-37-23(24-27-13-16(2)14-28-24)18(31-38(33)34)12-21-29-30-25(17-8-7-11-26-15-17)32(21)22-19(35-3)9-6-10-20(22)36-4/h6-11,13-15,18,23,31H,5,12H2,1-4H3,(H,33,34)/t18-,23-/m0/s1. The molecule has 1 aromatic carbocycles. The summed E-state index contributed by atoms with van der Waals surface area (Å²) in [5.41, 5.74) is 2.15. The van der Waals surface area contributed by atoms with Gasteiger partial charge < -0.3 is 14.2 Å². The summed E-state index contributed by atoms with van der Waals surface area (Å²) in [5.74, 6) is 2.35. The van der Waals surface area contributed by atoms with E-state index in [2.05, 4.69) is 29.9 Å². The smallest absolute Gasteiger partial charge is 0.232 e. The van der Waals surface area contributed by atoms with E-state index in [1.54, 1.807) is 61.8 Å². The third-order valence-electron chi connectivity index (χ3n) is 5.70. The fourth-order valence-corrected chi connectivity index (χ4v) is 4.52. The number of nitrogens with one attached hydrogen (secondary N) is 1. The first-order valence-electron chi connectivity index (χ1n) is 11.8. The zero-order valence-electron chi connectivity index (χ0n) is 21.4. The van der Waals surface area contributed by atoms with Crippen molar-refractivity contribution in [2.45, 2.75) is 32.4 Å². The van der Waals surface area contributed by atoms with Crippen LogP contribution in [-0.4, -0.2) is 65.3 Å². The van der Waals surface area contributed by atoms with Gasteiger partial charge in [-0.2, -0.15) is 0 Å². The fourth-order valence-electron chi connectivity index (χ4n) is 4.05. The summed E-state index contributed by atoms with van der Waals surface area (Å²) >= 11 is -2.37. The second-order valence-corrected chi connectivity index (χ2v) is 8.93. The van der Waals surface area contributed by atoms with Gasteiger partial charge in [0.1, 0.15) is 29.1 Å². The first-order chi connectivity index (χ1) is 18.5. The predicted octanol–water partition coefficient (Wildman–Crippen LogP) is 2.86. The average molecular weight is 540 g/mol. The quantitative estimate of drug-likeness (QED) is 0.258. The molecule has 0 saturated heterocycles. The van der Waals surface area contributed by atoms with Crippen LogP contribution in [0.25, 0.3) is 17.1 Å². The van der Waals surface area contributed by atoms with Crippen molar-refractivity contribution < 1.29 is 23.0 Å². The fraction of sp³-hybridized carbons (Fsp3) is 0.320. The maximum atomic E-state index is 12.0. The van der Waals surface area contributed by atoms with Crippen LogP contribution in [0.15, 0.2) is 55.1 Å². The molecule has 0 fully saturated rings. The zero-order chi connectivity index (χ0) is 27.1. The summed E-state index contributed by atoms with van der Waals surface area (Å²) in [6, 6.07) is 8.32. The monoisotopic (exact) mass is 539 g/mol. The highest BCUT2D eigenvalue weighted by molar-refractivity contribution is 7.77. The van der Waals surface area contributed by atoms with Crippen LogP contribution in [0.5, 0.6) is 11.5 Å². The van der Waals surface area contributed by atoms with Crippen LogP contribution in [-0.2, 0) is 22.4 Å². The number of benzene rings is 1. The number of ether oxygens (including phenoxy) is 3. The lowest BCUT2D eigenvalue weighted by Gasteiger charge is -2.26. The minimum atomic E-state index is -2.37. The lowest BCUT2D eigenvalue weighted by molar-refractivity contribution is 0.0322. The molecule has 0 radical (unpaired) electrons. The molecule has 38 heavy (non-hydrogen) atoms. The van der Waals surface area contributed by atoms with Gasteiger partial charge in [0, 0.05) is 43.4 Å². The number of rotatable bonds is 12. The number of para-hydroxylation sites is 1. The Morgan fingerprint density at radius 3 is 2.34 bits per heavy atom. The molecule has 0 bridgehead atoms. The lowest BCUT2D eigenvalue weighted by Crippen LogP contribution is -2.40. The van der Waals surface area contributed by atoms with Crippen molar-refractivity contribution in [3.05, 3.63) is 72.3 Å². The van der Waals surface area contributed by atoms with Crippen molar-refractivity contribution in [3.8, 4) is 28.6 Å². The summed E-state index contributed by atoms with van der Waals surface area (Å²) in [6.45, 7) is 4.03. The van der Waals surface area contributed by atoms with Crippen LogP contribution in [0.4, 0.5) is 0 Å². The van der Waals surface area contributed by atoms with Gasteiger partial charge in [0.25, 0.3) is 0 Å². The van der Waals surface area contributed by atoms with Gasteiger partial charge in [0.05, 0.1) is 20.3 Å². The van der Waals surface area contributed by atoms with E-state index in [9.17, 15) is 8.76 Å². The molecule has 0 aliphatic rings. The Balaban J connectivity index is 1.88. The van der Waals surface area contributed by atoms with Crippen molar-refractivity contribution >= 4 is 11.3 Å². The van der Waals surface area contributed by atoms with E-state index in [0.29, 0.717) is 46.8 Å². The average Bonchev–Trinajstić information content (AvgIpc) is 3.34. The maximum Gasteiger partial charge on any atom is 0.232 e. The molecular formula is C25H29N7O5S. The molecule has 0 saturated carbocycles. The molecule has 2 N–H and O–H groups in total. The number of aromatic nitrogens is 6. The Labute approximate surface area is 222 Å². The number of pyridine rings is 1. The van der Waals surface area contributed by atoms with Crippen LogP contribution < -0.4 is 14.2 Å². The van der Waals surface area contributed by atoms with Crippen LogP contribution in [0, 0.1) is 6.92 Å². The van der Waals surface area contributed by atoms with Gasteiger partial charge in [-0.3, -0.25) is 14.1 Å². The van der Waals surface area contributed by atoms with Crippen molar-refractivity contribution in [3.63, 3.8) is 0 Å². The highest BCUT2D eigenvalue weighted by Gasteiger charge is 2.31. The van der Waals surface area contributed by atoms with E-state index in [0.717, 1.165) is 5.56 Å². The predicted molar refractivity (Wildman–Crippen MR) is 140 cm³/mol. The van der Waals surface area contributed by atoms with Crippen molar-refractivity contribution in [1.29, 1.82) is 0 Å². The highest BCUT2D eigenvalue weighted by atomic mass is 32.2. The first-order valence-corrected chi connectivity index (χ1v) is 12.9.